The van der Waals surface area contributed by atoms with E-state index in [4.69, 9.17) is 33.2 Å². The third-order valence-corrected chi connectivity index (χ3v) is 7.91. The van der Waals surface area contributed by atoms with Gasteiger partial charge in [0.25, 0.3) is 0 Å². The smallest absolute Gasteiger partial charge is 0.229 e. The van der Waals surface area contributed by atoms with Gasteiger partial charge in [-0.15, -0.1) is 0 Å². The molecule has 15 heteroatoms. The molecular weight excluding hydrogens is 588 g/mol. The summed E-state index contributed by atoms with van der Waals surface area (Å²) in [4.78, 5) is 13.0. The van der Waals surface area contributed by atoms with E-state index in [1.807, 2.05) is 0 Å². The minimum absolute atomic E-state index is 0.0000931. The number of ether oxygens (including phenoxy) is 7. The summed E-state index contributed by atoms with van der Waals surface area (Å²) in [5, 5.41) is 72.3. The summed E-state index contributed by atoms with van der Waals surface area (Å²) >= 11 is 0. The van der Waals surface area contributed by atoms with Gasteiger partial charge in [-0.05, 0) is 24.6 Å². The zero-order valence-electron chi connectivity index (χ0n) is 24.0. The van der Waals surface area contributed by atoms with Gasteiger partial charge in [-0.1, -0.05) is 6.07 Å². The lowest BCUT2D eigenvalue weighted by molar-refractivity contribution is -0.318. The number of carbonyl (C=O) groups excluding carboxylic acids is 1. The van der Waals surface area contributed by atoms with Crippen molar-refractivity contribution in [3.8, 4) is 28.7 Å². The monoisotopic (exact) mass is 624 g/mol. The number of aliphatic hydroxyl groups is 6. The Balaban J connectivity index is 1.31. The van der Waals surface area contributed by atoms with Crippen LogP contribution in [0.1, 0.15) is 35.4 Å². The lowest BCUT2D eigenvalue weighted by atomic mass is 9.95. The Morgan fingerprint density at radius 1 is 0.818 bits per heavy atom. The standard InChI is InChI=1S/C29H36O15/c1-11-22(32)24(34)26(36)28(41-11)40-10-20-23(33)25(35)27(37)29(44-20)42-13-7-14(30)21-15(31)9-17(43-19(21)8-13)12-4-5-16(38-2)18(6-12)39-3/h4-8,11,17,20,22-30,32-37H,9-10H2,1-3H3/t11-,17-,20+,22-,23-,24-,25-,26-,27-,28+,29+/m0/s1. The molecule has 0 saturated carbocycles. The van der Waals surface area contributed by atoms with Crippen LogP contribution in [0.5, 0.6) is 28.7 Å². The normalized spacial score (nSPS) is 35.4. The van der Waals surface area contributed by atoms with Gasteiger partial charge in [0.15, 0.2) is 23.6 Å². The van der Waals surface area contributed by atoms with Crippen LogP contribution in [0.15, 0.2) is 30.3 Å². The number of phenolic OH excluding ortho intramolecular Hbond substituents is 1. The molecular formula is C29H36O15. The quantitative estimate of drug-likeness (QED) is 0.190. The molecule has 3 aliphatic heterocycles. The van der Waals surface area contributed by atoms with Crippen LogP contribution < -0.4 is 18.9 Å². The second-order valence-electron chi connectivity index (χ2n) is 10.8. The number of aliphatic hydroxyl groups excluding tert-OH is 6. The molecule has 3 aliphatic rings. The third kappa shape index (κ3) is 6.15. The van der Waals surface area contributed by atoms with E-state index in [-0.39, 0.29) is 29.3 Å². The highest BCUT2D eigenvalue weighted by Gasteiger charge is 2.47. The molecule has 5 rings (SSSR count). The predicted molar refractivity (Wildman–Crippen MR) is 146 cm³/mol. The molecule has 0 aromatic heterocycles. The lowest BCUT2D eigenvalue weighted by Gasteiger charge is -2.42. The van der Waals surface area contributed by atoms with Crippen molar-refractivity contribution in [1.82, 2.24) is 0 Å². The average Bonchev–Trinajstić information content (AvgIpc) is 3.01. The zero-order valence-corrected chi connectivity index (χ0v) is 24.0. The van der Waals surface area contributed by atoms with Gasteiger partial charge in [0.2, 0.25) is 6.29 Å². The largest absolute Gasteiger partial charge is 0.507 e. The van der Waals surface area contributed by atoms with Crippen molar-refractivity contribution in [1.29, 1.82) is 0 Å². The van der Waals surface area contributed by atoms with Gasteiger partial charge in [0, 0.05) is 12.1 Å². The topological polar surface area (TPSA) is 223 Å². The summed E-state index contributed by atoms with van der Waals surface area (Å²) in [6.45, 7) is 0.982. The maximum Gasteiger partial charge on any atom is 0.229 e. The molecule has 11 atom stereocenters. The van der Waals surface area contributed by atoms with Crippen LogP contribution in [0, 0.1) is 0 Å². The minimum atomic E-state index is -1.76. The Labute approximate surface area is 251 Å². The van der Waals surface area contributed by atoms with Crippen molar-refractivity contribution in [2.24, 2.45) is 0 Å². The summed E-state index contributed by atoms with van der Waals surface area (Å²) in [6.07, 6.45) is -15.7. The van der Waals surface area contributed by atoms with Gasteiger partial charge in [0.1, 0.15) is 71.6 Å². The van der Waals surface area contributed by atoms with Crippen LogP contribution in [-0.4, -0.2) is 124 Å². The molecule has 0 radical (unpaired) electrons. The van der Waals surface area contributed by atoms with Crippen LogP contribution >= 0.6 is 0 Å². The fourth-order valence-corrected chi connectivity index (χ4v) is 5.35. The van der Waals surface area contributed by atoms with Crippen LogP contribution in [0.4, 0.5) is 0 Å². The Kier molecular flexibility index (Phi) is 9.50. The van der Waals surface area contributed by atoms with Crippen molar-refractivity contribution >= 4 is 5.78 Å². The number of aromatic hydroxyl groups is 1. The van der Waals surface area contributed by atoms with Gasteiger partial charge in [-0.25, -0.2) is 0 Å². The van der Waals surface area contributed by atoms with Crippen LogP contribution in [-0.2, 0) is 14.2 Å². The summed E-state index contributed by atoms with van der Waals surface area (Å²) in [6, 6.07) is 7.50. The van der Waals surface area contributed by atoms with Crippen molar-refractivity contribution in [2.45, 2.75) is 80.9 Å². The van der Waals surface area contributed by atoms with Crippen molar-refractivity contribution in [2.75, 3.05) is 20.8 Å². The molecule has 2 aromatic rings. The highest BCUT2D eigenvalue weighted by atomic mass is 16.7. The van der Waals surface area contributed by atoms with Gasteiger partial charge in [0.05, 0.1) is 33.4 Å². The summed E-state index contributed by atoms with van der Waals surface area (Å²) in [5.41, 5.74) is 0.551. The van der Waals surface area contributed by atoms with E-state index in [1.165, 1.54) is 27.2 Å². The number of fused-ring (bicyclic) bond motifs is 1. The SMILES string of the molecule is COc1ccc([C@@H]2CC(=O)c3c(O)cc(O[C@@H]4O[C@H](CO[C@@H]5O[C@@H](C)[C@H](O)[C@H](O)[C@@H]5O)[C@H](O)[C@H](O)[C@@H]4O)cc3O2)cc1OC. The molecule has 3 heterocycles. The average molecular weight is 625 g/mol. The Morgan fingerprint density at radius 3 is 2.20 bits per heavy atom. The maximum atomic E-state index is 13.0. The van der Waals surface area contributed by atoms with Crippen molar-refractivity contribution in [3.05, 3.63) is 41.5 Å². The Morgan fingerprint density at radius 2 is 1.50 bits per heavy atom. The second kappa shape index (κ2) is 13.0. The molecule has 0 aliphatic carbocycles. The van der Waals surface area contributed by atoms with Gasteiger partial charge >= 0.3 is 0 Å². The molecule has 2 fully saturated rings. The van der Waals surface area contributed by atoms with Crippen molar-refractivity contribution in [3.63, 3.8) is 0 Å². The molecule has 2 aromatic carbocycles. The number of phenols is 1. The first kappa shape index (κ1) is 32.2. The van der Waals surface area contributed by atoms with E-state index in [0.717, 1.165) is 6.07 Å². The fraction of sp³-hybridized carbons (Fsp3) is 0.552. The predicted octanol–water partition coefficient (Wildman–Crippen LogP) is -0.854. The van der Waals surface area contributed by atoms with Gasteiger partial charge in [-0.2, -0.15) is 0 Å². The molecule has 242 valence electrons. The third-order valence-electron chi connectivity index (χ3n) is 7.91. The lowest BCUT2D eigenvalue weighted by Crippen LogP contribution is -2.61. The van der Waals surface area contributed by atoms with Crippen LogP contribution in [0.25, 0.3) is 0 Å². The number of hydrogen-bond donors (Lipinski definition) is 7. The molecule has 0 spiro atoms. The van der Waals surface area contributed by atoms with E-state index in [0.29, 0.717) is 17.1 Å². The highest BCUT2D eigenvalue weighted by Crippen LogP contribution is 2.43. The molecule has 0 amide bonds. The molecule has 2 saturated heterocycles. The number of hydrogen-bond acceptors (Lipinski definition) is 15. The Hall–Kier alpha value is -3.25. The number of carbonyl (C=O) groups is 1. The van der Waals surface area contributed by atoms with Crippen molar-refractivity contribution < 1.29 is 73.7 Å². The first-order chi connectivity index (χ1) is 20.9. The molecule has 44 heavy (non-hydrogen) atoms. The first-order valence-corrected chi connectivity index (χ1v) is 13.9. The maximum absolute atomic E-state index is 13.0. The summed E-state index contributed by atoms with van der Waals surface area (Å²) in [7, 11) is 2.97. The number of benzene rings is 2. The number of ketones is 1. The van der Waals surface area contributed by atoms with E-state index < -0.39 is 79.9 Å². The second-order valence-corrected chi connectivity index (χ2v) is 10.8. The Bertz CT molecular complexity index is 1340. The van der Waals surface area contributed by atoms with Crippen LogP contribution in [0.2, 0.25) is 0 Å². The van der Waals surface area contributed by atoms with E-state index in [1.54, 1.807) is 18.2 Å². The molecule has 0 unspecified atom stereocenters. The first-order valence-electron chi connectivity index (χ1n) is 13.9. The zero-order chi connectivity index (χ0) is 31.9. The van der Waals surface area contributed by atoms with E-state index in [9.17, 15) is 40.5 Å². The summed E-state index contributed by atoms with van der Waals surface area (Å²) in [5.74, 6) is -0.00697. The van der Waals surface area contributed by atoms with Gasteiger partial charge in [-0.3, -0.25) is 4.79 Å². The highest BCUT2D eigenvalue weighted by molar-refractivity contribution is 6.02. The minimum Gasteiger partial charge on any atom is -0.507 e. The van der Waals surface area contributed by atoms with Gasteiger partial charge < -0.3 is 68.9 Å². The molecule has 7 N–H and O–H groups in total. The number of methoxy groups -OCH3 is 2. The fourth-order valence-electron chi connectivity index (χ4n) is 5.35. The summed E-state index contributed by atoms with van der Waals surface area (Å²) < 4.78 is 38.9. The molecule has 0 bridgehead atoms. The number of rotatable bonds is 8. The van der Waals surface area contributed by atoms with E-state index in [2.05, 4.69) is 0 Å². The van der Waals surface area contributed by atoms with Crippen LogP contribution in [0.3, 0.4) is 0 Å². The molecule has 15 nitrogen and oxygen atoms in total. The number of Topliss-reactive ketones (excluding diaryl/α,β-unsaturated/α-hetero) is 1. The van der Waals surface area contributed by atoms with E-state index >= 15 is 0 Å².